The van der Waals surface area contributed by atoms with Crippen LogP contribution in [-0.4, -0.2) is 4.11 Å². The third-order valence-electron chi connectivity index (χ3n) is 1.40. The van der Waals surface area contributed by atoms with Crippen molar-refractivity contribution in [3.8, 4) is 5.75 Å². The van der Waals surface area contributed by atoms with Crippen LogP contribution in [0.2, 0.25) is 5.02 Å². The lowest BCUT2D eigenvalue weighted by molar-refractivity contribution is 0.299. The topological polar surface area (TPSA) is 9.23 Å². The molecule has 0 aliphatic carbocycles. The summed E-state index contributed by atoms with van der Waals surface area (Å²) < 4.78 is 5.79. The van der Waals surface area contributed by atoms with Gasteiger partial charge in [-0.15, -0.1) is 0 Å². The van der Waals surface area contributed by atoms with E-state index in [1.807, 2.05) is 24.3 Å². The average molecular weight is 297 g/mol. The molecule has 1 nitrogen and oxygen atoms in total. The molecule has 66 valence electrons. The summed E-state index contributed by atoms with van der Waals surface area (Å²) in [6, 6.07) is 7.42. The fraction of sp³-hybridized carbons (Fsp3) is 0.333. The Bertz CT molecular complexity index is 235. The first-order chi connectivity index (χ1) is 5.72. The Morgan fingerprint density at radius 3 is 2.50 bits per heavy atom. The molecule has 1 aromatic carbocycles. The summed E-state index contributed by atoms with van der Waals surface area (Å²) in [6.07, 6.45) is 1.00. The second-order valence-corrected chi connectivity index (χ2v) is 4.22. The second-order valence-electron chi connectivity index (χ2n) is 2.39. The quantitative estimate of drug-likeness (QED) is 0.607. The van der Waals surface area contributed by atoms with Crippen LogP contribution in [0.4, 0.5) is 0 Å². The van der Waals surface area contributed by atoms with E-state index in [4.69, 9.17) is 16.3 Å². The minimum atomic E-state index is 0.240. The predicted molar refractivity (Wildman–Crippen MR) is 60.2 cm³/mol. The van der Waals surface area contributed by atoms with Crippen molar-refractivity contribution < 1.29 is 4.74 Å². The molecule has 12 heavy (non-hydrogen) atoms. The van der Waals surface area contributed by atoms with Crippen LogP contribution in [0.3, 0.4) is 0 Å². The van der Waals surface area contributed by atoms with Gasteiger partial charge in [-0.3, -0.25) is 0 Å². The zero-order chi connectivity index (χ0) is 8.97. The monoisotopic (exact) mass is 296 g/mol. The smallest absolute Gasteiger partial charge is 0.149 e. The van der Waals surface area contributed by atoms with Gasteiger partial charge in [0.2, 0.25) is 0 Å². The van der Waals surface area contributed by atoms with E-state index in [1.54, 1.807) is 0 Å². The third kappa shape index (κ3) is 3.19. The van der Waals surface area contributed by atoms with E-state index < -0.39 is 0 Å². The number of hydrogen-bond acceptors (Lipinski definition) is 1. The molecule has 0 aromatic heterocycles. The van der Waals surface area contributed by atoms with E-state index in [2.05, 4.69) is 29.5 Å². The van der Waals surface area contributed by atoms with Gasteiger partial charge in [0.15, 0.2) is 0 Å². The molecule has 0 spiro atoms. The number of benzene rings is 1. The molecule has 1 unspecified atom stereocenters. The van der Waals surface area contributed by atoms with Crippen molar-refractivity contribution in [2.45, 2.75) is 17.5 Å². The molecule has 1 atom stereocenters. The molecule has 0 bridgehead atoms. The normalized spacial score (nSPS) is 12.6. The van der Waals surface area contributed by atoms with Crippen LogP contribution in [0.15, 0.2) is 24.3 Å². The van der Waals surface area contributed by atoms with Gasteiger partial charge in [0.1, 0.15) is 9.86 Å². The van der Waals surface area contributed by atoms with Crippen molar-refractivity contribution in [2.75, 3.05) is 0 Å². The zero-order valence-electron chi connectivity index (χ0n) is 6.76. The van der Waals surface area contributed by atoms with Crippen LogP contribution in [0, 0.1) is 0 Å². The summed E-state index contributed by atoms with van der Waals surface area (Å²) >= 11 is 7.99. The van der Waals surface area contributed by atoms with Gasteiger partial charge in [0.25, 0.3) is 0 Å². The maximum absolute atomic E-state index is 5.72. The highest BCUT2D eigenvalue weighted by Crippen LogP contribution is 2.19. The van der Waals surface area contributed by atoms with Crippen LogP contribution in [0.5, 0.6) is 5.75 Å². The summed E-state index contributed by atoms with van der Waals surface area (Å²) in [4.78, 5) is 0. The first-order valence-corrected chi connectivity index (χ1v) is 5.41. The first-order valence-electron chi connectivity index (χ1n) is 3.78. The van der Waals surface area contributed by atoms with Crippen LogP contribution >= 0.6 is 34.2 Å². The number of alkyl halides is 1. The fourth-order valence-corrected chi connectivity index (χ4v) is 1.16. The third-order valence-corrected chi connectivity index (χ3v) is 2.79. The zero-order valence-corrected chi connectivity index (χ0v) is 9.67. The van der Waals surface area contributed by atoms with Gasteiger partial charge in [-0.2, -0.15) is 0 Å². The highest BCUT2D eigenvalue weighted by Gasteiger charge is 2.01. The maximum atomic E-state index is 5.72. The van der Waals surface area contributed by atoms with Crippen LogP contribution in [0.25, 0.3) is 0 Å². The lowest BCUT2D eigenvalue weighted by atomic mass is 10.3. The van der Waals surface area contributed by atoms with Crippen LogP contribution in [0.1, 0.15) is 13.3 Å². The molecule has 0 radical (unpaired) electrons. The Morgan fingerprint density at radius 1 is 1.42 bits per heavy atom. The fourth-order valence-electron chi connectivity index (χ4n) is 0.744. The van der Waals surface area contributed by atoms with Gasteiger partial charge in [0, 0.05) is 5.02 Å². The van der Waals surface area contributed by atoms with E-state index >= 15 is 0 Å². The van der Waals surface area contributed by atoms with Crippen LogP contribution in [-0.2, 0) is 0 Å². The molecule has 0 heterocycles. The van der Waals surface area contributed by atoms with Crippen molar-refractivity contribution >= 4 is 34.2 Å². The predicted octanol–water partition coefficient (Wildman–Crippen LogP) is 3.89. The SMILES string of the molecule is CCC(I)Oc1ccc(Cl)cc1. The summed E-state index contributed by atoms with van der Waals surface area (Å²) in [7, 11) is 0. The molecule has 0 N–H and O–H groups in total. The molecule has 0 fully saturated rings. The van der Waals surface area contributed by atoms with Crippen molar-refractivity contribution in [1.82, 2.24) is 0 Å². The van der Waals surface area contributed by atoms with Gasteiger partial charge >= 0.3 is 0 Å². The first kappa shape index (κ1) is 10.1. The Hall–Kier alpha value is 0.0400. The number of hydrogen-bond donors (Lipinski definition) is 0. The van der Waals surface area contributed by atoms with Crippen molar-refractivity contribution in [2.24, 2.45) is 0 Å². The molecule has 0 aliphatic heterocycles. The number of rotatable bonds is 3. The highest BCUT2D eigenvalue weighted by molar-refractivity contribution is 14.1. The molecular formula is C9H10ClIO. The minimum absolute atomic E-state index is 0.240. The maximum Gasteiger partial charge on any atom is 0.149 e. The molecule has 3 heteroatoms. The molecule has 1 rings (SSSR count). The Kier molecular flexibility index (Phi) is 4.15. The summed E-state index contributed by atoms with van der Waals surface area (Å²) in [5, 5.41) is 0.740. The van der Waals surface area contributed by atoms with E-state index in [0.29, 0.717) is 0 Å². The van der Waals surface area contributed by atoms with E-state index in [0.717, 1.165) is 17.2 Å². The van der Waals surface area contributed by atoms with Gasteiger partial charge < -0.3 is 4.74 Å². The molecule has 1 aromatic rings. The lowest BCUT2D eigenvalue weighted by Crippen LogP contribution is -2.05. The summed E-state index contributed by atoms with van der Waals surface area (Å²) in [5.74, 6) is 0.876. The molecular weight excluding hydrogens is 286 g/mol. The standard InChI is InChI=1S/C9H10ClIO/c1-2-9(11)12-8-5-3-7(10)4-6-8/h3-6,9H,2H2,1H3. The van der Waals surface area contributed by atoms with Crippen molar-refractivity contribution in [3.63, 3.8) is 0 Å². The van der Waals surface area contributed by atoms with Gasteiger partial charge in [-0.1, -0.05) is 18.5 Å². The molecule has 0 amide bonds. The lowest BCUT2D eigenvalue weighted by Gasteiger charge is -2.10. The second kappa shape index (κ2) is 4.92. The minimum Gasteiger partial charge on any atom is -0.480 e. The largest absolute Gasteiger partial charge is 0.480 e. The van der Waals surface area contributed by atoms with Crippen molar-refractivity contribution in [1.29, 1.82) is 0 Å². The summed E-state index contributed by atoms with van der Waals surface area (Å²) in [5.41, 5.74) is 0. The van der Waals surface area contributed by atoms with E-state index in [9.17, 15) is 0 Å². The van der Waals surface area contributed by atoms with Crippen molar-refractivity contribution in [3.05, 3.63) is 29.3 Å². The average Bonchev–Trinajstić information content (AvgIpc) is 2.09. The summed E-state index contributed by atoms with van der Waals surface area (Å²) in [6.45, 7) is 2.09. The molecule has 0 saturated carbocycles. The molecule has 0 aliphatic rings. The van der Waals surface area contributed by atoms with Gasteiger partial charge in [0.05, 0.1) is 0 Å². The van der Waals surface area contributed by atoms with Gasteiger partial charge in [-0.25, -0.2) is 0 Å². The Labute approximate surface area is 91.2 Å². The number of halogens is 2. The number of ether oxygens (including phenoxy) is 1. The van der Waals surface area contributed by atoms with Gasteiger partial charge in [-0.05, 0) is 53.3 Å². The van der Waals surface area contributed by atoms with E-state index in [1.165, 1.54) is 0 Å². The molecule has 0 saturated heterocycles. The van der Waals surface area contributed by atoms with E-state index in [-0.39, 0.29) is 4.11 Å². The Morgan fingerprint density at radius 2 is 2.00 bits per heavy atom. The van der Waals surface area contributed by atoms with Crippen LogP contribution < -0.4 is 4.74 Å². The highest BCUT2D eigenvalue weighted by atomic mass is 127. The Balaban J connectivity index is 2.58.